The molecule has 0 saturated heterocycles. The molecular formula is C20H24Na2O3. The molecule has 3 nitrogen and oxygen atoms in total. The number of benzene rings is 2. The molecule has 0 amide bonds. The second-order valence-corrected chi connectivity index (χ2v) is 5.51. The SMILES string of the molecule is CCCC(=O)OC(=O)CCC(c1ccccc1)c1ccccc1.[NaH].[NaH]. The summed E-state index contributed by atoms with van der Waals surface area (Å²) in [7, 11) is 0. The Hall–Kier alpha value is -0.420. The summed E-state index contributed by atoms with van der Waals surface area (Å²) in [5, 5.41) is 0. The summed E-state index contributed by atoms with van der Waals surface area (Å²) in [6.45, 7) is 1.88. The summed E-state index contributed by atoms with van der Waals surface area (Å²) < 4.78 is 4.84. The van der Waals surface area contributed by atoms with Crippen LogP contribution in [0.25, 0.3) is 0 Å². The molecule has 0 aliphatic heterocycles. The van der Waals surface area contributed by atoms with E-state index in [1.54, 1.807) is 0 Å². The molecule has 2 rings (SSSR count). The summed E-state index contributed by atoms with van der Waals surface area (Å²) in [5.41, 5.74) is 2.32. The molecule has 0 aromatic heterocycles. The van der Waals surface area contributed by atoms with Gasteiger partial charge in [0.2, 0.25) is 0 Å². The van der Waals surface area contributed by atoms with Crippen molar-refractivity contribution in [1.82, 2.24) is 0 Å². The Labute approximate surface area is 194 Å². The summed E-state index contributed by atoms with van der Waals surface area (Å²) in [5.74, 6) is -0.764. The number of hydrogen-bond donors (Lipinski definition) is 0. The van der Waals surface area contributed by atoms with Crippen molar-refractivity contribution in [2.24, 2.45) is 0 Å². The molecule has 25 heavy (non-hydrogen) atoms. The first-order valence-corrected chi connectivity index (χ1v) is 8.04. The average Bonchev–Trinajstić information content (AvgIpc) is 2.57. The van der Waals surface area contributed by atoms with Gasteiger partial charge >= 0.3 is 71.1 Å². The summed E-state index contributed by atoms with van der Waals surface area (Å²) in [4.78, 5) is 23.2. The molecular weight excluding hydrogens is 334 g/mol. The van der Waals surface area contributed by atoms with E-state index in [1.807, 2.05) is 43.3 Å². The van der Waals surface area contributed by atoms with E-state index >= 15 is 0 Å². The van der Waals surface area contributed by atoms with Gasteiger partial charge in [-0.15, -0.1) is 0 Å². The number of hydrogen-bond acceptors (Lipinski definition) is 3. The van der Waals surface area contributed by atoms with Crippen LogP contribution in [0.3, 0.4) is 0 Å². The van der Waals surface area contributed by atoms with Gasteiger partial charge in [0.1, 0.15) is 0 Å². The van der Waals surface area contributed by atoms with E-state index in [4.69, 9.17) is 4.74 Å². The van der Waals surface area contributed by atoms with Crippen molar-refractivity contribution >= 4 is 71.1 Å². The van der Waals surface area contributed by atoms with Crippen LogP contribution in [0.2, 0.25) is 0 Å². The molecule has 0 spiro atoms. The molecule has 0 bridgehead atoms. The standard InChI is InChI=1S/C20H22O3.2Na.2H/c1-2-9-19(21)23-20(22)15-14-18(16-10-5-3-6-11-16)17-12-7-4-8-13-17;;;;/h3-8,10-13,18H,2,9,14-15H2,1H3;;;;. The van der Waals surface area contributed by atoms with Crippen molar-refractivity contribution in [3.8, 4) is 0 Å². The maximum atomic E-state index is 11.9. The zero-order valence-corrected chi connectivity index (χ0v) is 13.4. The minimum absolute atomic E-state index is 0. The first-order valence-electron chi connectivity index (χ1n) is 8.04. The van der Waals surface area contributed by atoms with E-state index in [-0.39, 0.29) is 77.9 Å². The van der Waals surface area contributed by atoms with Crippen LogP contribution in [0.15, 0.2) is 60.7 Å². The summed E-state index contributed by atoms with van der Waals surface area (Å²) in [6.07, 6.45) is 1.81. The number of esters is 2. The van der Waals surface area contributed by atoms with Crippen LogP contribution in [-0.4, -0.2) is 71.1 Å². The molecule has 2 aromatic carbocycles. The molecule has 0 saturated carbocycles. The van der Waals surface area contributed by atoms with Crippen LogP contribution < -0.4 is 0 Å². The number of carbonyl (C=O) groups excluding carboxylic acids is 2. The van der Waals surface area contributed by atoms with E-state index < -0.39 is 11.9 Å². The Balaban J connectivity index is 0.00000288. The van der Waals surface area contributed by atoms with Gasteiger partial charge in [0.05, 0.1) is 0 Å². The van der Waals surface area contributed by atoms with Gasteiger partial charge in [-0.1, -0.05) is 67.6 Å². The Morgan fingerprint density at radius 3 is 1.68 bits per heavy atom. The van der Waals surface area contributed by atoms with Crippen molar-refractivity contribution in [1.29, 1.82) is 0 Å². The van der Waals surface area contributed by atoms with E-state index in [2.05, 4.69) is 24.3 Å². The van der Waals surface area contributed by atoms with Crippen LogP contribution in [0.1, 0.15) is 49.7 Å². The van der Waals surface area contributed by atoms with Crippen molar-refractivity contribution in [3.05, 3.63) is 71.8 Å². The number of rotatable bonds is 7. The molecule has 0 fully saturated rings. The fourth-order valence-corrected chi connectivity index (χ4v) is 2.59. The van der Waals surface area contributed by atoms with Crippen molar-refractivity contribution in [3.63, 3.8) is 0 Å². The molecule has 0 unspecified atom stereocenters. The molecule has 0 aliphatic carbocycles. The van der Waals surface area contributed by atoms with Crippen molar-refractivity contribution < 1.29 is 14.3 Å². The van der Waals surface area contributed by atoms with E-state index in [0.29, 0.717) is 12.8 Å². The predicted octanol–water partition coefficient (Wildman–Crippen LogP) is 3.17. The third-order valence-corrected chi connectivity index (χ3v) is 3.72. The minimum atomic E-state index is -0.444. The van der Waals surface area contributed by atoms with Gasteiger partial charge < -0.3 is 4.74 Å². The molecule has 2 aromatic rings. The van der Waals surface area contributed by atoms with Crippen LogP contribution in [0, 0.1) is 0 Å². The quantitative estimate of drug-likeness (QED) is 0.434. The van der Waals surface area contributed by atoms with Crippen molar-refractivity contribution in [2.45, 2.75) is 38.5 Å². The fraction of sp³-hybridized carbons (Fsp3) is 0.300. The van der Waals surface area contributed by atoms with Gasteiger partial charge in [-0.25, -0.2) is 0 Å². The Morgan fingerprint density at radius 1 is 0.800 bits per heavy atom. The molecule has 5 heteroatoms. The first-order chi connectivity index (χ1) is 11.2. The van der Waals surface area contributed by atoms with Gasteiger partial charge in [-0.3, -0.25) is 9.59 Å². The monoisotopic (exact) mass is 358 g/mol. The second-order valence-electron chi connectivity index (χ2n) is 5.51. The number of carbonyl (C=O) groups is 2. The van der Waals surface area contributed by atoms with E-state index in [9.17, 15) is 9.59 Å². The zero-order valence-electron chi connectivity index (χ0n) is 13.4. The van der Waals surface area contributed by atoms with E-state index in [0.717, 1.165) is 11.1 Å². The van der Waals surface area contributed by atoms with Gasteiger partial charge in [0.25, 0.3) is 0 Å². The topological polar surface area (TPSA) is 43.4 Å². The van der Waals surface area contributed by atoms with Crippen molar-refractivity contribution in [2.75, 3.05) is 0 Å². The maximum absolute atomic E-state index is 11.9. The summed E-state index contributed by atoms with van der Waals surface area (Å²) >= 11 is 0. The molecule has 0 heterocycles. The van der Waals surface area contributed by atoms with Crippen LogP contribution in [0.5, 0.6) is 0 Å². The van der Waals surface area contributed by atoms with Gasteiger partial charge in [-0.2, -0.15) is 0 Å². The second kappa shape index (κ2) is 13.7. The summed E-state index contributed by atoms with van der Waals surface area (Å²) in [6, 6.07) is 20.2. The third kappa shape index (κ3) is 8.67. The average molecular weight is 358 g/mol. The fourth-order valence-electron chi connectivity index (χ4n) is 2.59. The molecule has 0 radical (unpaired) electrons. The Bertz CT molecular complexity index is 590. The van der Waals surface area contributed by atoms with E-state index in [1.165, 1.54) is 0 Å². The third-order valence-electron chi connectivity index (χ3n) is 3.72. The molecule has 124 valence electrons. The van der Waals surface area contributed by atoms with Gasteiger partial charge in [0.15, 0.2) is 0 Å². The predicted molar refractivity (Wildman–Crippen MR) is 104 cm³/mol. The Morgan fingerprint density at radius 2 is 1.24 bits per heavy atom. The van der Waals surface area contributed by atoms with Crippen LogP contribution >= 0.6 is 0 Å². The van der Waals surface area contributed by atoms with Crippen LogP contribution in [-0.2, 0) is 14.3 Å². The molecule has 0 aliphatic rings. The molecule has 0 atom stereocenters. The molecule has 0 N–H and O–H groups in total. The normalized spacial score (nSPS) is 9.68. The van der Waals surface area contributed by atoms with Gasteiger partial charge in [-0.05, 0) is 24.0 Å². The van der Waals surface area contributed by atoms with Crippen LogP contribution in [0.4, 0.5) is 0 Å². The zero-order chi connectivity index (χ0) is 16.5. The number of ether oxygens (including phenoxy) is 1. The van der Waals surface area contributed by atoms with Gasteiger partial charge in [0, 0.05) is 18.8 Å². The Kier molecular flexibility index (Phi) is 13.5. The first kappa shape index (κ1) is 24.6.